The van der Waals surface area contributed by atoms with Crippen LogP contribution < -0.4 is 4.74 Å². The van der Waals surface area contributed by atoms with Crippen molar-refractivity contribution >= 4 is 5.97 Å². The maximum atomic E-state index is 11.1. The Morgan fingerprint density at radius 3 is 2.10 bits per heavy atom. The van der Waals surface area contributed by atoms with E-state index < -0.39 is 5.97 Å². The fourth-order valence-electron chi connectivity index (χ4n) is 2.49. The predicted molar refractivity (Wildman–Crippen MR) is 79.6 cm³/mol. The van der Waals surface area contributed by atoms with Crippen LogP contribution >= 0.6 is 0 Å². The first-order valence-electron chi connectivity index (χ1n) is 6.43. The van der Waals surface area contributed by atoms with Gasteiger partial charge in [-0.2, -0.15) is 0 Å². The van der Waals surface area contributed by atoms with Crippen LogP contribution in [0.25, 0.3) is 11.1 Å². The highest BCUT2D eigenvalue weighted by atomic mass is 16.5. The molecule has 2 aromatic carbocycles. The lowest BCUT2D eigenvalue weighted by Crippen LogP contribution is -1.98. The molecule has 2 rings (SSSR count). The third-order valence-corrected chi connectivity index (χ3v) is 3.46. The van der Waals surface area contributed by atoms with E-state index >= 15 is 0 Å². The second kappa shape index (κ2) is 5.37. The third kappa shape index (κ3) is 2.52. The molecular weight excluding hydrogens is 252 g/mol. The van der Waals surface area contributed by atoms with Gasteiger partial charge in [0.05, 0.1) is 12.7 Å². The number of carboxylic acids is 1. The summed E-state index contributed by atoms with van der Waals surface area (Å²) in [6.45, 7) is 5.97. The number of aryl methyl sites for hydroxylation is 3. The second-order valence-corrected chi connectivity index (χ2v) is 4.98. The van der Waals surface area contributed by atoms with E-state index in [-0.39, 0.29) is 0 Å². The molecule has 0 aliphatic rings. The number of carboxylic acid groups (broad SMARTS) is 1. The van der Waals surface area contributed by atoms with Crippen molar-refractivity contribution in [1.82, 2.24) is 0 Å². The van der Waals surface area contributed by atoms with Gasteiger partial charge in [0.15, 0.2) is 0 Å². The van der Waals surface area contributed by atoms with Gasteiger partial charge in [-0.05, 0) is 72.9 Å². The fourth-order valence-corrected chi connectivity index (χ4v) is 2.49. The van der Waals surface area contributed by atoms with Gasteiger partial charge in [-0.3, -0.25) is 0 Å². The lowest BCUT2D eigenvalue weighted by Gasteiger charge is -2.13. The summed E-state index contributed by atoms with van der Waals surface area (Å²) < 4.78 is 5.36. The zero-order valence-electron chi connectivity index (χ0n) is 12.2. The zero-order valence-corrected chi connectivity index (χ0v) is 12.2. The summed E-state index contributed by atoms with van der Waals surface area (Å²) in [6.07, 6.45) is 0. The maximum Gasteiger partial charge on any atom is 0.335 e. The van der Waals surface area contributed by atoms with Gasteiger partial charge in [0.1, 0.15) is 5.75 Å². The molecule has 1 N–H and O–H groups in total. The van der Waals surface area contributed by atoms with Crippen LogP contribution in [0.2, 0.25) is 0 Å². The number of hydrogen-bond donors (Lipinski definition) is 1. The van der Waals surface area contributed by atoms with Crippen LogP contribution in [0, 0.1) is 20.8 Å². The normalized spacial score (nSPS) is 10.4. The van der Waals surface area contributed by atoms with Gasteiger partial charge in [-0.15, -0.1) is 0 Å². The van der Waals surface area contributed by atoms with E-state index in [1.165, 1.54) is 0 Å². The highest BCUT2D eigenvalue weighted by Crippen LogP contribution is 2.32. The Labute approximate surface area is 118 Å². The highest BCUT2D eigenvalue weighted by molar-refractivity contribution is 5.90. The smallest absolute Gasteiger partial charge is 0.335 e. The summed E-state index contributed by atoms with van der Waals surface area (Å²) in [5, 5.41) is 9.12. The van der Waals surface area contributed by atoms with Gasteiger partial charge < -0.3 is 9.84 Å². The molecule has 104 valence electrons. The molecule has 0 aliphatic heterocycles. The first kappa shape index (κ1) is 14.1. The first-order valence-corrected chi connectivity index (χ1v) is 6.43. The Morgan fingerprint density at radius 1 is 1.00 bits per heavy atom. The van der Waals surface area contributed by atoms with E-state index in [4.69, 9.17) is 9.84 Å². The molecule has 0 radical (unpaired) electrons. The molecule has 0 amide bonds. The molecule has 3 nitrogen and oxygen atoms in total. The number of carbonyl (C=O) groups is 1. The molecule has 0 fully saturated rings. The highest BCUT2D eigenvalue weighted by Gasteiger charge is 2.11. The summed E-state index contributed by atoms with van der Waals surface area (Å²) in [6, 6.07) is 9.25. The topological polar surface area (TPSA) is 46.5 Å². The van der Waals surface area contributed by atoms with Crippen molar-refractivity contribution in [1.29, 1.82) is 0 Å². The van der Waals surface area contributed by atoms with Gasteiger partial charge in [0, 0.05) is 0 Å². The molecular formula is C17H18O3. The summed E-state index contributed by atoms with van der Waals surface area (Å²) >= 11 is 0. The molecule has 20 heavy (non-hydrogen) atoms. The number of hydrogen-bond acceptors (Lipinski definition) is 2. The van der Waals surface area contributed by atoms with Crippen LogP contribution in [0.3, 0.4) is 0 Å². The lowest BCUT2D eigenvalue weighted by atomic mass is 9.95. The van der Waals surface area contributed by atoms with Crippen molar-refractivity contribution in [3.63, 3.8) is 0 Å². The maximum absolute atomic E-state index is 11.1. The predicted octanol–water partition coefficient (Wildman–Crippen LogP) is 3.99. The minimum Gasteiger partial charge on any atom is -0.496 e. The molecule has 0 aromatic heterocycles. The van der Waals surface area contributed by atoms with Crippen molar-refractivity contribution in [2.75, 3.05) is 7.11 Å². The van der Waals surface area contributed by atoms with Gasteiger partial charge in [0.2, 0.25) is 0 Å². The van der Waals surface area contributed by atoms with Crippen LogP contribution in [0.5, 0.6) is 5.75 Å². The average molecular weight is 270 g/mol. The molecule has 2 aromatic rings. The van der Waals surface area contributed by atoms with Gasteiger partial charge in [-0.25, -0.2) is 4.79 Å². The molecule has 0 saturated heterocycles. The average Bonchev–Trinajstić information content (AvgIpc) is 2.38. The summed E-state index contributed by atoms with van der Waals surface area (Å²) in [4.78, 5) is 11.1. The molecule has 0 unspecified atom stereocenters. The first-order chi connectivity index (χ1) is 9.43. The quantitative estimate of drug-likeness (QED) is 0.917. The van der Waals surface area contributed by atoms with Crippen LogP contribution in [-0.4, -0.2) is 18.2 Å². The summed E-state index contributed by atoms with van der Waals surface area (Å²) in [7, 11) is 1.66. The van der Waals surface area contributed by atoms with Gasteiger partial charge in [-0.1, -0.05) is 6.07 Å². The van der Waals surface area contributed by atoms with E-state index in [0.29, 0.717) is 5.56 Å². The Kier molecular flexibility index (Phi) is 3.79. The standard InChI is InChI=1S/C17H18O3/c1-10-5-6-13(17(18)19)9-15(10)14-7-11(2)16(20-4)12(3)8-14/h5-9H,1-4H3,(H,18,19). The third-order valence-electron chi connectivity index (χ3n) is 3.46. The van der Waals surface area contributed by atoms with Crippen molar-refractivity contribution in [3.05, 3.63) is 52.6 Å². The number of benzene rings is 2. The van der Waals surface area contributed by atoms with E-state index in [9.17, 15) is 4.79 Å². The van der Waals surface area contributed by atoms with Gasteiger partial charge in [0.25, 0.3) is 0 Å². The number of ether oxygens (including phenoxy) is 1. The van der Waals surface area contributed by atoms with Gasteiger partial charge >= 0.3 is 5.97 Å². The van der Waals surface area contributed by atoms with E-state index in [1.807, 2.05) is 39.0 Å². The molecule has 0 spiro atoms. The molecule has 0 atom stereocenters. The van der Waals surface area contributed by atoms with E-state index in [0.717, 1.165) is 33.6 Å². The Morgan fingerprint density at radius 2 is 1.60 bits per heavy atom. The van der Waals surface area contributed by atoms with Crippen LogP contribution in [0.15, 0.2) is 30.3 Å². The zero-order chi connectivity index (χ0) is 14.9. The molecule has 0 saturated carbocycles. The number of methoxy groups -OCH3 is 1. The van der Waals surface area contributed by atoms with E-state index in [1.54, 1.807) is 19.2 Å². The molecule has 0 aliphatic carbocycles. The largest absolute Gasteiger partial charge is 0.496 e. The summed E-state index contributed by atoms with van der Waals surface area (Å²) in [5.41, 5.74) is 5.40. The van der Waals surface area contributed by atoms with Crippen molar-refractivity contribution in [2.45, 2.75) is 20.8 Å². The van der Waals surface area contributed by atoms with Crippen LogP contribution in [0.4, 0.5) is 0 Å². The molecule has 0 bridgehead atoms. The SMILES string of the molecule is COc1c(C)cc(-c2cc(C(=O)O)ccc2C)cc1C. The Bertz CT molecular complexity index is 649. The fraction of sp³-hybridized carbons (Fsp3) is 0.235. The van der Waals surface area contributed by atoms with Crippen molar-refractivity contribution in [2.24, 2.45) is 0 Å². The minimum absolute atomic E-state index is 0.303. The molecule has 3 heteroatoms. The Hall–Kier alpha value is -2.29. The van der Waals surface area contributed by atoms with Crippen molar-refractivity contribution in [3.8, 4) is 16.9 Å². The lowest BCUT2D eigenvalue weighted by molar-refractivity contribution is 0.0697. The summed E-state index contributed by atoms with van der Waals surface area (Å²) in [5.74, 6) is -0.0333. The number of rotatable bonds is 3. The van der Waals surface area contributed by atoms with Crippen LogP contribution in [0.1, 0.15) is 27.0 Å². The minimum atomic E-state index is -0.909. The Balaban J connectivity index is 2.62. The van der Waals surface area contributed by atoms with Crippen molar-refractivity contribution < 1.29 is 14.6 Å². The van der Waals surface area contributed by atoms with Crippen LogP contribution in [-0.2, 0) is 0 Å². The second-order valence-electron chi connectivity index (χ2n) is 4.98. The van der Waals surface area contributed by atoms with E-state index in [2.05, 4.69) is 0 Å². The number of aromatic carboxylic acids is 1. The molecule has 0 heterocycles. The monoisotopic (exact) mass is 270 g/mol.